The molecule has 0 radical (unpaired) electrons. The predicted molar refractivity (Wildman–Crippen MR) is 99.5 cm³/mol. The molecule has 0 bridgehead atoms. The summed E-state index contributed by atoms with van der Waals surface area (Å²) in [6, 6.07) is 7.16. The maximum absolute atomic E-state index is 12.3. The van der Waals surface area contributed by atoms with E-state index in [0.717, 1.165) is 21.9 Å². The number of aromatic nitrogens is 2. The van der Waals surface area contributed by atoms with Gasteiger partial charge in [0.1, 0.15) is 22.9 Å². The van der Waals surface area contributed by atoms with Crippen molar-refractivity contribution in [2.45, 2.75) is 13.5 Å². The van der Waals surface area contributed by atoms with Gasteiger partial charge in [-0.15, -0.1) is 0 Å². The van der Waals surface area contributed by atoms with Gasteiger partial charge < -0.3 is 14.2 Å². The van der Waals surface area contributed by atoms with Crippen molar-refractivity contribution in [3.05, 3.63) is 57.5 Å². The van der Waals surface area contributed by atoms with Gasteiger partial charge in [0.15, 0.2) is 10.9 Å². The summed E-state index contributed by atoms with van der Waals surface area (Å²) in [6.45, 7) is 1.73. The molecule has 4 aromatic heterocycles. The lowest BCUT2D eigenvalue weighted by Crippen LogP contribution is -2.25. The van der Waals surface area contributed by atoms with E-state index in [9.17, 15) is 9.59 Å². The van der Waals surface area contributed by atoms with Crippen molar-refractivity contribution in [3.8, 4) is 22.1 Å². The fourth-order valence-corrected chi connectivity index (χ4v) is 4.12. The third-order valence-corrected chi connectivity index (χ3v) is 5.52. The van der Waals surface area contributed by atoms with Crippen LogP contribution >= 0.6 is 22.7 Å². The Morgan fingerprint density at radius 1 is 1.23 bits per heavy atom. The summed E-state index contributed by atoms with van der Waals surface area (Å²) >= 11 is 2.36. The van der Waals surface area contributed by atoms with Crippen molar-refractivity contribution < 1.29 is 13.6 Å². The zero-order valence-corrected chi connectivity index (χ0v) is 15.2. The van der Waals surface area contributed by atoms with Gasteiger partial charge in [0, 0.05) is 11.1 Å². The Balaban J connectivity index is 1.62. The van der Waals surface area contributed by atoms with Gasteiger partial charge in [0.2, 0.25) is 5.91 Å². The number of amides is 1. The molecule has 0 aromatic carbocycles. The lowest BCUT2D eigenvalue weighted by molar-refractivity contribution is -0.116. The molecule has 0 spiro atoms. The molecule has 0 unspecified atom stereocenters. The van der Waals surface area contributed by atoms with Crippen LogP contribution in [0.4, 0.5) is 5.13 Å². The maximum atomic E-state index is 12.3. The molecule has 1 amide bonds. The quantitative estimate of drug-likeness (QED) is 0.562. The largest absolute Gasteiger partial charge is 0.463 e. The van der Waals surface area contributed by atoms with E-state index in [0.29, 0.717) is 22.3 Å². The highest BCUT2D eigenvalue weighted by molar-refractivity contribution is 7.19. The van der Waals surface area contributed by atoms with E-state index in [1.54, 1.807) is 43.0 Å². The van der Waals surface area contributed by atoms with Crippen molar-refractivity contribution in [1.29, 1.82) is 0 Å². The van der Waals surface area contributed by atoms with Gasteiger partial charge in [-0.2, -0.15) is 0 Å². The van der Waals surface area contributed by atoms with Gasteiger partial charge in [-0.25, -0.2) is 4.98 Å². The first kappa shape index (κ1) is 16.6. The van der Waals surface area contributed by atoms with Crippen LogP contribution in [-0.2, 0) is 11.3 Å². The Kier molecular flexibility index (Phi) is 4.31. The average Bonchev–Trinajstić information content (AvgIpc) is 3.38. The predicted octanol–water partition coefficient (Wildman–Crippen LogP) is 3.83. The van der Waals surface area contributed by atoms with Gasteiger partial charge in [-0.1, -0.05) is 22.7 Å². The zero-order valence-electron chi connectivity index (χ0n) is 13.6. The Morgan fingerprint density at radius 2 is 1.96 bits per heavy atom. The number of hydrogen-bond acceptors (Lipinski definition) is 7. The van der Waals surface area contributed by atoms with Gasteiger partial charge in [-0.3, -0.25) is 14.2 Å². The minimum absolute atomic E-state index is 0.0556. The molecule has 7 nitrogen and oxygen atoms in total. The van der Waals surface area contributed by atoms with E-state index < -0.39 is 0 Å². The normalized spacial score (nSPS) is 11.0. The Morgan fingerprint density at radius 3 is 2.58 bits per heavy atom. The molecule has 0 saturated carbocycles. The van der Waals surface area contributed by atoms with Crippen molar-refractivity contribution in [2.24, 2.45) is 0 Å². The number of nitrogens with zero attached hydrogens (tertiary/aromatic N) is 2. The molecule has 1 N–H and O–H groups in total. The SMILES string of the molecule is Cc1csc(=O)n1CC(=O)Nc1nc(-c2ccco2)c(-c2ccco2)s1. The molecule has 26 heavy (non-hydrogen) atoms. The van der Waals surface area contributed by atoms with E-state index in [2.05, 4.69) is 10.3 Å². The van der Waals surface area contributed by atoms with Gasteiger partial charge >= 0.3 is 4.87 Å². The molecule has 0 aliphatic carbocycles. The Bertz CT molecular complexity index is 1040. The summed E-state index contributed by atoms with van der Waals surface area (Å²) < 4.78 is 12.3. The van der Waals surface area contributed by atoms with Crippen LogP contribution in [0.1, 0.15) is 5.69 Å². The highest BCUT2D eigenvalue weighted by Crippen LogP contribution is 2.39. The first-order valence-electron chi connectivity index (χ1n) is 7.65. The summed E-state index contributed by atoms with van der Waals surface area (Å²) in [5, 5.41) is 4.89. The number of furan rings is 2. The number of hydrogen-bond donors (Lipinski definition) is 1. The topological polar surface area (TPSA) is 90.3 Å². The van der Waals surface area contributed by atoms with Crippen LogP contribution in [0.15, 0.2) is 55.8 Å². The Labute approximate surface area is 155 Å². The number of carbonyl (C=O) groups is 1. The third kappa shape index (κ3) is 3.14. The molecule has 0 atom stereocenters. The van der Waals surface area contributed by atoms with Crippen LogP contribution in [0.25, 0.3) is 22.1 Å². The lowest BCUT2D eigenvalue weighted by Gasteiger charge is -2.03. The average molecular weight is 387 g/mol. The van der Waals surface area contributed by atoms with Crippen LogP contribution in [0, 0.1) is 6.92 Å². The van der Waals surface area contributed by atoms with Gasteiger partial charge in [0.05, 0.1) is 12.5 Å². The first-order valence-corrected chi connectivity index (χ1v) is 9.35. The smallest absolute Gasteiger partial charge is 0.307 e. The van der Waals surface area contributed by atoms with Crippen LogP contribution in [0.2, 0.25) is 0 Å². The van der Waals surface area contributed by atoms with Crippen LogP contribution in [-0.4, -0.2) is 15.5 Å². The van der Waals surface area contributed by atoms with Crippen molar-refractivity contribution in [3.63, 3.8) is 0 Å². The van der Waals surface area contributed by atoms with Crippen molar-refractivity contribution in [1.82, 2.24) is 9.55 Å². The third-order valence-electron chi connectivity index (χ3n) is 3.65. The standard InChI is InChI=1S/C17H13N3O4S2/c1-10-9-25-17(22)20(10)8-13(21)18-16-19-14(11-4-2-6-23-11)15(26-16)12-5-3-7-24-12/h2-7,9H,8H2,1H3,(H,18,19,21). The molecular formula is C17H13N3O4S2. The highest BCUT2D eigenvalue weighted by Gasteiger charge is 2.20. The molecular weight excluding hydrogens is 374 g/mol. The van der Waals surface area contributed by atoms with E-state index in [1.165, 1.54) is 15.9 Å². The lowest BCUT2D eigenvalue weighted by atomic mass is 10.2. The van der Waals surface area contributed by atoms with E-state index in [-0.39, 0.29) is 17.3 Å². The minimum atomic E-state index is -0.320. The van der Waals surface area contributed by atoms with E-state index >= 15 is 0 Å². The number of carbonyl (C=O) groups excluding carboxylic acids is 1. The summed E-state index contributed by atoms with van der Waals surface area (Å²) in [5.74, 6) is 0.900. The van der Waals surface area contributed by atoms with Crippen molar-refractivity contribution >= 4 is 33.7 Å². The summed E-state index contributed by atoms with van der Waals surface area (Å²) in [4.78, 5) is 29.2. The van der Waals surface area contributed by atoms with Gasteiger partial charge in [-0.05, 0) is 31.2 Å². The summed E-state index contributed by atoms with van der Waals surface area (Å²) in [7, 11) is 0. The van der Waals surface area contributed by atoms with Crippen LogP contribution in [0.5, 0.6) is 0 Å². The monoisotopic (exact) mass is 387 g/mol. The number of rotatable bonds is 5. The molecule has 0 aliphatic rings. The minimum Gasteiger partial charge on any atom is -0.463 e. The van der Waals surface area contributed by atoms with Crippen molar-refractivity contribution in [2.75, 3.05) is 5.32 Å². The molecule has 4 heterocycles. The summed E-state index contributed by atoms with van der Waals surface area (Å²) in [5.41, 5.74) is 1.34. The number of nitrogens with one attached hydrogen (secondary N) is 1. The second-order valence-electron chi connectivity index (χ2n) is 5.43. The molecule has 4 rings (SSSR count). The highest BCUT2D eigenvalue weighted by atomic mass is 32.1. The fraction of sp³-hybridized carbons (Fsp3) is 0.118. The zero-order chi connectivity index (χ0) is 18.1. The summed E-state index contributed by atoms with van der Waals surface area (Å²) in [6.07, 6.45) is 3.13. The van der Waals surface area contributed by atoms with E-state index in [1.807, 2.05) is 6.07 Å². The molecule has 0 aliphatic heterocycles. The number of thiazole rings is 2. The molecule has 4 aromatic rings. The van der Waals surface area contributed by atoms with Crippen LogP contribution < -0.4 is 10.2 Å². The molecule has 0 fully saturated rings. The molecule has 0 saturated heterocycles. The number of aryl methyl sites for hydroxylation is 1. The fourth-order valence-electron chi connectivity index (χ4n) is 2.43. The maximum Gasteiger partial charge on any atom is 0.307 e. The molecule has 9 heteroatoms. The number of anilines is 1. The Hall–Kier alpha value is -2.91. The van der Waals surface area contributed by atoms with E-state index in [4.69, 9.17) is 8.83 Å². The van der Waals surface area contributed by atoms with Gasteiger partial charge in [0.25, 0.3) is 0 Å². The van der Waals surface area contributed by atoms with Crippen LogP contribution in [0.3, 0.4) is 0 Å². The second-order valence-corrected chi connectivity index (χ2v) is 7.25. The molecule has 132 valence electrons. The first-order chi connectivity index (χ1) is 12.6. The second kappa shape index (κ2) is 6.77.